The summed E-state index contributed by atoms with van der Waals surface area (Å²) in [5.41, 5.74) is 1.56. The molecular formula is C15H16Cl2N2O. The van der Waals surface area contributed by atoms with E-state index in [4.69, 9.17) is 27.9 Å². The number of halogens is 2. The minimum atomic E-state index is 0.0325. The quantitative estimate of drug-likeness (QED) is 0.558. The van der Waals surface area contributed by atoms with Gasteiger partial charge in [-0.3, -0.25) is 4.99 Å². The van der Waals surface area contributed by atoms with Crippen molar-refractivity contribution >= 4 is 40.5 Å². The van der Waals surface area contributed by atoms with E-state index < -0.39 is 0 Å². The maximum absolute atomic E-state index is 6.01. The SMILES string of the molecule is CC(C)OC(=Nc1ccc(Cl)c(Cl)c1)C1=NC=CCC1. The van der Waals surface area contributed by atoms with Gasteiger partial charge in [0.15, 0.2) is 0 Å². The normalized spacial score (nSPS) is 15.4. The highest BCUT2D eigenvalue weighted by molar-refractivity contribution is 6.42. The van der Waals surface area contributed by atoms with E-state index in [-0.39, 0.29) is 6.10 Å². The van der Waals surface area contributed by atoms with Crippen molar-refractivity contribution in [3.63, 3.8) is 0 Å². The molecule has 5 heteroatoms. The first kappa shape index (κ1) is 15.1. The highest BCUT2D eigenvalue weighted by Gasteiger charge is 2.14. The van der Waals surface area contributed by atoms with E-state index in [1.165, 1.54) is 0 Å². The fourth-order valence-corrected chi connectivity index (χ4v) is 2.01. The molecule has 0 radical (unpaired) electrons. The molecule has 0 bridgehead atoms. The molecule has 1 aliphatic heterocycles. The van der Waals surface area contributed by atoms with Gasteiger partial charge in [0, 0.05) is 6.20 Å². The lowest BCUT2D eigenvalue weighted by Crippen LogP contribution is -2.22. The highest BCUT2D eigenvalue weighted by atomic mass is 35.5. The van der Waals surface area contributed by atoms with Gasteiger partial charge in [-0.15, -0.1) is 0 Å². The van der Waals surface area contributed by atoms with Crippen LogP contribution in [0.3, 0.4) is 0 Å². The number of rotatable bonds is 3. The maximum atomic E-state index is 6.01. The van der Waals surface area contributed by atoms with Gasteiger partial charge < -0.3 is 4.74 Å². The summed E-state index contributed by atoms with van der Waals surface area (Å²) in [6, 6.07) is 5.24. The number of nitrogens with zero attached hydrogens (tertiary/aromatic N) is 2. The van der Waals surface area contributed by atoms with Gasteiger partial charge in [-0.25, -0.2) is 4.99 Å². The fourth-order valence-electron chi connectivity index (χ4n) is 1.72. The molecule has 1 aliphatic rings. The first-order valence-electron chi connectivity index (χ1n) is 6.48. The average molecular weight is 311 g/mol. The Labute approximate surface area is 129 Å². The van der Waals surface area contributed by atoms with E-state index >= 15 is 0 Å². The van der Waals surface area contributed by atoms with Gasteiger partial charge in [0.25, 0.3) is 0 Å². The largest absolute Gasteiger partial charge is 0.474 e. The van der Waals surface area contributed by atoms with Gasteiger partial charge in [0.05, 0.1) is 21.8 Å². The second kappa shape index (κ2) is 6.91. The minimum absolute atomic E-state index is 0.0325. The molecule has 1 aromatic carbocycles. The maximum Gasteiger partial charge on any atom is 0.236 e. The summed E-state index contributed by atoms with van der Waals surface area (Å²) in [4.78, 5) is 8.85. The Hall–Kier alpha value is -1.32. The molecule has 0 amide bonds. The second-order valence-electron chi connectivity index (χ2n) is 4.68. The van der Waals surface area contributed by atoms with Crippen molar-refractivity contribution in [3.05, 3.63) is 40.5 Å². The van der Waals surface area contributed by atoms with Crippen LogP contribution in [-0.2, 0) is 4.74 Å². The minimum Gasteiger partial charge on any atom is -0.474 e. The van der Waals surface area contributed by atoms with Crippen molar-refractivity contribution in [2.24, 2.45) is 9.98 Å². The summed E-state index contributed by atoms with van der Waals surface area (Å²) in [7, 11) is 0. The van der Waals surface area contributed by atoms with Gasteiger partial charge in [-0.1, -0.05) is 29.3 Å². The van der Waals surface area contributed by atoms with Crippen molar-refractivity contribution in [3.8, 4) is 0 Å². The monoisotopic (exact) mass is 310 g/mol. The summed E-state index contributed by atoms with van der Waals surface area (Å²) < 4.78 is 5.77. The Morgan fingerprint density at radius 2 is 2.10 bits per heavy atom. The zero-order valence-electron chi connectivity index (χ0n) is 11.4. The Morgan fingerprint density at radius 3 is 2.70 bits per heavy atom. The molecule has 1 aromatic rings. The van der Waals surface area contributed by atoms with Crippen LogP contribution in [0.1, 0.15) is 26.7 Å². The lowest BCUT2D eigenvalue weighted by Gasteiger charge is -2.15. The Kier molecular flexibility index (Phi) is 5.21. The molecule has 3 nitrogen and oxygen atoms in total. The third-order valence-corrected chi connectivity index (χ3v) is 3.35. The molecule has 0 N–H and O–H groups in total. The summed E-state index contributed by atoms with van der Waals surface area (Å²) in [5, 5.41) is 0.983. The number of aliphatic imine (C=N–C) groups is 2. The molecule has 20 heavy (non-hydrogen) atoms. The standard InChI is InChI=1S/C15H16Cl2N2O/c1-10(2)20-15(14-5-3-4-8-18-14)19-11-6-7-12(16)13(17)9-11/h4,6-10H,3,5H2,1-2H3. The number of hydrogen-bond acceptors (Lipinski definition) is 3. The molecule has 1 heterocycles. The predicted octanol–water partition coefficient (Wildman–Crippen LogP) is 5.20. The summed E-state index contributed by atoms with van der Waals surface area (Å²) >= 11 is 11.9. The smallest absolute Gasteiger partial charge is 0.236 e. The van der Waals surface area contributed by atoms with E-state index in [9.17, 15) is 0 Å². The first-order chi connectivity index (χ1) is 9.56. The van der Waals surface area contributed by atoms with Crippen LogP contribution in [0.25, 0.3) is 0 Å². The molecule has 0 aromatic heterocycles. The molecule has 0 spiro atoms. The zero-order valence-corrected chi connectivity index (χ0v) is 12.9. The van der Waals surface area contributed by atoms with Crippen LogP contribution in [0, 0.1) is 0 Å². The number of allylic oxidation sites excluding steroid dienone is 1. The van der Waals surface area contributed by atoms with Crippen LogP contribution in [-0.4, -0.2) is 17.7 Å². The molecule has 0 unspecified atom stereocenters. The predicted molar refractivity (Wildman–Crippen MR) is 85.6 cm³/mol. The van der Waals surface area contributed by atoms with Crippen LogP contribution in [0.15, 0.2) is 40.5 Å². The van der Waals surface area contributed by atoms with Crippen molar-refractivity contribution in [1.29, 1.82) is 0 Å². The van der Waals surface area contributed by atoms with E-state index in [2.05, 4.69) is 9.98 Å². The van der Waals surface area contributed by atoms with E-state index in [0.717, 1.165) is 18.6 Å². The Balaban J connectivity index is 2.34. The first-order valence-corrected chi connectivity index (χ1v) is 7.24. The van der Waals surface area contributed by atoms with Crippen LogP contribution in [0.5, 0.6) is 0 Å². The summed E-state index contributed by atoms with van der Waals surface area (Å²) in [5.74, 6) is 0.544. The molecule has 0 aliphatic carbocycles. The second-order valence-corrected chi connectivity index (χ2v) is 5.50. The molecule has 0 fully saturated rings. The number of ether oxygens (including phenoxy) is 1. The molecule has 0 atom stereocenters. The van der Waals surface area contributed by atoms with Crippen LogP contribution in [0.2, 0.25) is 10.0 Å². The van der Waals surface area contributed by atoms with Crippen molar-refractivity contribution in [2.45, 2.75) is 32.8 Å². The third kappa shape index (κ3) is 4.09. The molecular weight excluding hydrogens is 295 g/mol. The van der Waals surface area contributed by atoms with Gasteiger partial charge >= 0.3 is 0 Å². The van der Waals surface area contributed by atoms with Crippen LogP contribution < -0.4 is 0 Å². The van der Waals surface area contributed by atoms with Crippen molar-refractivity contribution in [1.82, 2.24) is 0 Å². The highest BCUT2D eigenvalue weighted by Crippen LogP contribution is 2.27. The third-order valence-electron chi connectivity index (χ3n) is 2.61. The van der Waals surface area contributed by atoms with Crippen LogP contribution in [0.4, 0.5) is 5.69 Å². The number of hydrogen-bond donors (Lipinski definition) is 0. The molecule has 0 saturated carbocycles. The average Bonchev–Trinajstić information content (AvgIpc) is 2.43. The van der Waals surface area contributed by atoms with Crippen molar-refractivity contribution < 1.29 is 4.74 Å². The fraction of sp³-hybridized carbons (Fsp3) is 0.333. The summed E-state index contributed by atoms with van der Waals surface area (Å²) in [6.45, 7) is 3.92. The zero-order chi connectivity index (χ0) is 14.5. The Morgan fingerprint density at radius 1 is 1.30 bits per heavy atom. The van der Waals surface area contributed by atoms with E-state index in [1.54, 1.807) is 24.4 Å². The number of benzene rings is 1. The van der Waals surface area contributed by atoms with Gasteiger partial charge in [0.1, 0.15) is 5.71 Å². The van der Waals surface area contributed by atoms with E-state index in [0.29, 0.717) is 21.6 Å². The van der Waals surface area contributed by atoms with E-state index in [1.807, 2.05) is 19.9 Å². The molecule has 0 saturated heterocycles. The Bertz CT molecular complexity index is 577. The van der Waals surface area contributed by atoms with Gasteiger partial charge in [0.2, 0.25) is 5.90 Å². The van der Waals surface area contributed by atoms with Gasteiger partial charge in [-0.05, 0) is 44.9 Å². The van der Waals surface area contributed by atoms with Crippen LogP contribution >= 0.6 is 23.2 Å². The summed E-state index contributed by atoms with van der Waals surface area (Å²) in [6.07, 6.45) is 5.61. The lowest BCUT2D eigenvalue weighted by molar-refractivity contribution is 0.233. The van der Waals surface area contributed by atoms with Crippen molar-refractivity contribution in [2.75, 3.05) is 0 Å². The molecule has 2 rings (SSSR count). The lowest BCUT2D eigenvalue weighted by atomic mass is 10.1. The molecule has 106 valence electrons. The topological polar surface area (TPSA) is 34.0 Å². The van der Waals surface area contributed by atoms with Gasteiger partial charge in [-0.2, -0.15) is 0 Å².